The summed E-state index contributed by atoms with van der Waals surface area (Å²) in [7, 11) is 1.62. The lowest BCUT2D eigenvalue weighted by Gasteiger charge is -2.22. The van der Waals surface area contributed by atoms with E-state index in [4.69, 9.17) is 19.6 Å². The van der Waals surface area contributed by atoms with E-state index in [1.165, 1.54) is 16.5 Å². The van der Waals surface area contributed by atoms with E-state index in [2.05, 4.69) is 56.1 Å². The number of halogens is 2. The Labute approximate surface area is 255 Å². The number of aromatic nitrogens is 2. The van der Waals surface area contributed by atoms with Crippen molar-refractivity contribution in [2.75, 3.05) is 7.11 Å². The first-order valence-corrected chi connectivity index (χ1v) is 15.3. The van der Waals surface area contributed by atoms with E-state index in [9.17, 15) is 4.79 Å². The highest BCUT2D eigenvalue weighted by Gasteiger charge is 2.22. The number of hydrogen-bond acceptors (Lipinski definition) is 5. The fourth-order valence-electron chi connectivity index (χ4n) is 5.52. The van der Waals surface area contributed by atoms with E-state index < -0.39 is 0 Å². The van der Waals surface area contributed by atoms with E-state index in [1.807, 2.05) is 48.5 Å². The minimum absolute atomic E-state index is 0.175. The molecule has 0 atom stereocenters. The summed E-state index contributed by atoms with van der Waals surface area (Å²) in [5.41, 5.74) is 2.37. The van der Waals surface area contributed by atoms with E-state index in [0.717, 1.165) is 57.0 Å². The van der Waals surface area contributed by atoms with Crippen molar-refractivity contribution in [3.8, 4) is 11.5 Å². The highest BCUT2D eigenvalue weighted by atomic mass is 79.9. The molecule has 1 aromatic heterocycles. The number of ether oxygens (including phenoxy) is 2. The van der Waals surface area contributed by atoms with Crippen LogP contribution in [-0.2, 0) is 6.61 Å². The zero-order valence-electron chi connectivity index (χ0n) is 22.6. The van der Waals surface area contributed by atoms with Gasteiger partial charge in [0.1, 0.15) is 12.4 Å². The van der Waals surface area contributed by atoms with Gasteiger partial charge >= 0.3 is 0 Å². The minimum atomic E-state index is -0.175. The molecule has 0 bridgehead atoms. The number of methoxy groups -OCH3 is 1. The van der Waals surface area contributed by atoms with Crippen LogP contribution in [0.25, 0.3) is 21.7 Å². The molecule has 4 aromatic carbocycles. The Morgan fingerprint density at radius 2 is 1.76 bits per heavy atom. The maximum atomic E-state index is 13.7. The van der Waals surface area contributed by atoms with Gasteiger partial charge in [0.25, 0.3) is 5.56 Å². The predicted molar refractivity (Wildman–Crippen MR) is 171 cm³/mol. The minimum Gasteiger partial charge on any atom is -0.493 e. The lowest BCUT2D eigenvalue weighted by molar-refractivity contribution is 0.285. The quantitative estimate of drug-likeness (QED) is 0.162. The van der Waals surface area contributed by atoms with Crippen LogP contribution in [0.4, 0.5) is 0 Å². The van der Waals surface area contributed by atoms with Crippen molar-refractivity contribution < 1.29 is 9.47 Å². The lowest BCUT2D eigenvalue weighted by Crippen LogP contribution is -2.25. The van der Waals surface area contributed by atoms with Gasteiger partial charge in [0.15, 0.2) is 11.5 Å². The van der Waals surface area contributed by atoms with Gasteiger partial charge in [-0.05, 0) is 75.4 Å². The number of benzene rings is 4. The Hall–Kier alpha value is -3.49. The van der Waals surface area contributed by atoms with Gasteiger partial charge in [0.2, 0.25) is 0 Å². The first-order chi connectivity index (χ1) is 20.0. The molecule has 0 saturated heterocycles. The standard InChI is InChI=1S/C33H29Br2N3O3/c1-40-30-16-24(28(35)18-31(30)41-20-23-12-7-11-21-8-5-6-13-26(21)23)19-36-38-32(22-9-3-2-4-10-22)37-29-15-14-25(34)17-27(29)33(38)39/h5-8,11-19,22H,2-4,9-10,20H2,1H3. The lowest BCUT2D eigenvalue weighted by atomic mass is 9.88. The highest BCUT2D eigenvalue weighted by Crippen LogP contribution is 2.35. The molecule has 1 aliphatic rings. The first-order valence-electron chi connectivity index (χ1n) is 13.8. The Bertz CT molecular complexity index is 1820. The van der Waals surface area contributed by atoms with Gasteiger partial charge in [-0.25, -0.2) is 4.98 Å². The normalized spacial score (nSPS) is 14.2. The highest BCUT2D eigenvalue weighted by molar-refractivity contribution is 9.10. The molecule has 0 radical (unpaired) electrons. The average molecular weight is 675 g/mol. The SMILES string of the molecule is COc1cc(C=Nn2c(C3CCCCC3)nc3ccc(Br)cc3c2=O)c(Br)cc1OCc1cccc2ccccc12. The summed E-state index contributed by atoms with van der Waals surface area (Å²) in [4.78, 5) is 18.6. The summed E-state index contributed by atoms with van der Waals surface area (Å²) in [5.74, 6) is 2.11. The number of hydrogen-bond donors (Lipinski definition) is 0. The maximum Gasteiger partial charge on any atom is 0.282 e. The van der Waals surface area contributed by atoms with Crippen LogP contribution in [0.3, 0.4) is 0 Å². The van der Waals surface area contributed by atoms with Crippen molar-refractivity contribution in [3.63, 3.8) is 0 Å². The van der Waals surface area contributed by atoms with Crippen LogP contribution in [0.15, 0.2) is 91.6 Å². The Morgan fingerprint density at radius 3 is 2.59 bits per heavy atom. The van der Waals surface area contributed by atoms with E-state index in [-0.39, 0.29) is 11.5 Å². The molecular weight excluding hydrogens is 646 g/mol. The first kappa shape index (κ1) is 27.7. The third-order valence-electron chi connectivity index (χ3n) is 7.66. The van der Waals surface area contributed by atoms with Crippen molar-refractivity contribution in [1.82, 2.24) is 9.66 Å². The second kappa shape index (κ2) is 12.2. The molecule has 0 N–H and O–H groups in total. The summed E-state index contributed by atoms with van der Waals surface area (Å²) >= 11 is 7.16. The van der Waals surface area contributed by atoms with Crippen molar-refractivity contribution >= 4 is 59.7 Å². The molecule has 8 heteroatoms. The fraction of sp³-hybridized carbons (Fsp3) is 0.242. The molecule has 0 aliphatic heterocycles. The molecule has 1 fully saturated rings. The molecule has 6 rings (SSSR count). The third kappa shape index (κ3) is 5.81. The topological polar surface area (TPSA) is 65.7 Å². The molecule has 0 amide bonds. The van der Waals surface area contributed by atoms with Crippen LogP contribution in [0.1, 0.15) is 55.0 Å². The molecule has 1 heterocycles. The van der Waals surface area contributed by atoms with Crippen LogP contribution in [-0.4, -0.2) is 23.0 Å². The van der Waals surface area contributed by atoms with Crippen LogP contribution < -0.4 is 15.0 Å². The molecular formula is C33H29Br2N3O3. The molecule has 1 aliphatic carbocycles. The third-order valence-corrected chi connectivity index (χ3v) is 8.84. The van der Waals surface area contributed by atoms with E-state index >= 15 is 0 Å². The molecule has 1 saturated carbocycles. The van der Waals surface area contributed by atoms with Crippen LogP contribution in [0, 0.1) is 0 Å². The Morgan fingerprint density at radius 1 is 0.951 bits per heavy atom. The summed E-state index contributed by atoms with van der Waals surface area (Å²) in [6.45, 7) is 0.399. The van der Waals surface area contributed by atoms with Crippen LogP contribution in [0.2, 0.25) is 0 Å². The van der Waals surface area contributed by atoms with Crippen molar-refractivity contribution in [2.24, 2.45) is 5.10 Å². The average Bonchev–Trinajstić information content (AvgIpc) is 3.00. The van der Waals surface area contributed by atoms with Crippen molar-refractivity contribution in [3.05, 3.63) is 109 Å². The monoisotopic (exact) mass is 673 g/mol. The summed E-state index contributed by atoms with van der Waals surface area (Å²) in [6.07, 6.45) is 7.16. The molecule has 41 heavy (non-hydrogen) atoms. The summed E-state index contributed by atoms with van der Waals surface area (Å²) in [6, 6.07) is 23.8. The molecule has 0 unspecified atom stereocenters. The molecule has 6 nitrogen and oxygen atoms in total. The van der Waals surface area contributed by atoms with E-state index in [1.54, 1.807) is 13.3 Å². The molecule has 208 valence electrons. The number of nitrogens with zero attached hydrogens (tertiary/aromatic N) is 3. The van der Waals surface area contributed by atoms with E-state index in [0.29, 0.717) is 29.0 Å². The van der Waals surface area contributed by atoms with Gasteiger partial charge < -0.3 is 9.47 Å². The van der Waals surface area contributed by atoms with Gasteiger partial charge in [-0.2, -0.15) is 9.78 Å². The molecule has 5 aromatic rings. The fourth-order valence-corrected chi connectivity index (χ4v) is 6.30. The smallest absolute Gasteiger partial charge is 0.282 e. The van der Waals surface area contributed by atoms with Crippen LogP contribution in [0.5, 0.6) is 11.5 Å². The van der Waals surface area contributed by atoms with Crippen molar-refractivity contribution in [2.45, 2.75) is 44.6 Å². The predicted octanol–water partition coefficient (Wildman–Crippen LogP) is 8.59. The summed E-state index contributed by atoms with van der Waals surface area (Å²) in [5, 5.41) is 7.56. The van der Waals surface area contributed by atoms with Gasteiger partial charge in [0.05, 0.1) is 24.2 Å². The second-order valence-corrected chi connectivity index (χ2v) is 12.0. The summed E-state index contributed by atoms with van der Waals surface area (Å²) < 4.78 is 15.0. The molecule has 0 spiro atoms. The maximum absolute atomic E-state index is 13.7. The zero-order chi connectivity index (χ0) is 28.3. The van der Waals surface area contributed by atoms with Gasteiger partial charge in [-0.3, -0.25) is 4.79 Å². The van der Waals surface area contributed by atoms with Crippen molar-refractivity contribution in [1.29, 1.82) is 0 Å². The van der Waals surface area contributed by atoms with Gasteiger partial charge in [0, 0.05) is 20.4 Å². The zero-order valence-corrected chi connectivity index (χ0v) is 25.8. The number of fused-ring (bicyclic) bond motifs is 2. The largest absolute Gasteiger partial charge is 0.493 e. The van der Waals surface area contributed by atoms with Crippen LogP contribution >= 0.6 is 31.9 Å². The Balaban J connectivity index is 1.34. The second-order valence-electron chi connectivity index (χ2n) is 10.3. The van der Waals surface area contributed by atoms with Gasteiger partial charge in [-0.1, -0.05) is 77.7 Å². The number of rotatable bonds is 7. The Kier molecular flexibility index (Phi) is 8.21. The van der Waals surface area contributed by atoms with Gasteiger partial charge in [-0.15, -0.1) is 0 Å².